The van der Waals surface area contributed by atoms with E-state index in [4.69, 9.17) is 13.6 Å². The second-order valence-electron chi connectivity index (χ2n) is 12.9. The topological polar surface area (TPSA) is 48.0 Å². The summed E-state index contributed by atoms with van der Waals surface area (Å²) >= 11 is 0. The van der Waals surface area contributed by atoms with Crippen LogP contribution in [0.25, 0.3) is 0 Å². The summed E-state index contributed by atoms with van der Waals surface area (Å²) in [7, 11) is -3.93. The van der Waals surface area contributed by atoms with E-state index >= 15 is 0 Å². The molecule has 0 saturated carbocycles. The number of hydrogen-bond donors (Lipinski definition) is 0. The van der Waals surface area contributed by atoms with Crippen molar-refractivity contribution in [1.82, 2.24) is 4.90 Å². The molecular weight excluding hydrogens is 410 g/mol. The maximum absolute atomic E-state index is 13.1. The summed E-state index contributed by atoms with van der Waals surface area (Å²) in [5.74, 6) is 0. The third-order valence-electron chi connectivity index (χ3n) is 7.02. The highest BCUT2D eigenvalue weighted by Gasteiger charge is 2.46. The van der Waals surface area contributed by atoms with Gasteiger partial charge in [0.25, 0.3) is 0 Å². The van der Waals surface area contributed by atoms with Gasteiger partial charge in [-0.2, -0.15) is 0 Å². The minimum atomic E-state index is -1.98. The molecule has 0 radical (unpaired) electrons. The molecule has 0 aliphatic carbocycles. The van der Waals surface area contributed by atoms with Crippen LogP contribution >= 0.6 is 0 Å². The molecule has 0 aromatic heterocycles. The Morgan fingerprint density at radius 2 is 1.40 bits per heavy atom. The summed E-state index contributed by atoms with van der Waals surface area (Å²) in [6.45, 7) is 29.6. The third-order valence-corrected chi connectivity index (χ3v) is 16.0. The molecule has 30 heavy (non-hydrogen) atoms. The Labute approximate surface area is 188 Å². The van der Waals surface area contributed by atoms with E-state index in [1.54, 1.807) is 0 Å². The molecule has 0 N–H and O–H groups in total. The van der Waals surface area contributed by atoms with Crippen LogP contribution in [0.4, 0.5) is 4.79 Å². The quantitative estimate of drug-likeness (QED) is 0.424. The zero-order valence-electron chi connectivity index (χ0n) is 22.1. The van der Waals surface area contributed by atoms with Gasteiger partial charge in [-0.3, -0.25) is 0 Å². The molecular formula is C23H49NO4Si2. The number of hydrogen-bond acceptors (Lipinski definition) is 4. The van der Waals surface area contributed by atoms with Crippen molar-refractivity contribution in [3.05, 3.63) is 0 Å². The monoisotopic (exact) mass is 459 g/mol. The van der Waals surface area contributed by atoms with Crippen molar-refractivity contribution in [1.29, 1.82) is 0 Å². The van der Waals surface area contributed by atoms with Crippen LogP contribution in [-0.2, 0) is 13.6 Å². The van der Waals surface area contributed by atoms with E-state index in [0.717, 1.165) is 12.8 Å². The van der Waals surface area contributed by atoms with Crippen LogP contribution < -0.4 is 0 Å². The van der Waals surface area contributed by atoms with Crippen LogP contribution in [0.3, 0.4) is 0 Å². The zero-order valence-corrected chi connectivity index (χ0v) is 24.1. The average Bonchev–Trinajstić information content (AvgIpc) is 2.49. The van der Waals surface area contributed by atoms with Crippen molar-refractivity contribution in [3.63, 3.8) is 0 Å². The second kappa shape index (κ2) is 9.24. The summed E-state index contributed by atoms with van der Waals surface area (Å²) in [4.78, 5) is 14.9. The molecule has 1 rings (SSSR count). The van der Waals surface area contributed by atoms with Gasteiger partial charge >= 0.3 is 6.09 Å². The summed E-state index contributed by atoms with van der Waals surface area (Å²) in [6.07, 6.45) is 1.61. The van der Waals surface area contributed by atoms with E-state index in [1.165, 1.54) is 0 Å². The Balaban J connectivity index is 3.17. The van der Waals surface area contributed by atoms with Gasteiger partial charge in [0.2, 0.25) is 0 Å². The molecule has 0 aromatic carbocycles. The lowest BCUT2D eigenvalue weighted by molar-refractivity contribution is -0.0317. The van der Waals surface area contributed by atoms with Crippen molar-refractivity contribution in [3.8, 4) is 0 Å². The van der Waals surface area contributed by atoms with E-state index in [1.807, 2.05) is 25.7 Å². The highest BCUT2D eigenvalue weighted by atomic mass is 28.4. The number of carbonyl (C=O) groups is 1. The van der Waals surface area contributed by atoms with Gasteiger partial charge in [0.05, 0.1) is 18.8 Å². The van der Waals surface area contributed by atoms with Crippen LogP contribution in [0.15, 0.2) is 0 Å². The number of rotatable bonds is 5. The molecule has 1 saturated heterocycles. The fourth-order valence-corrected chi connectivity index (χ4v) is 5.37. The van der Waals surface area contributed by atoms with Crippen LogP contribution in [-0.4, -0.2) is 58.5 Å². The van der Waals surface area contributed by atoms with Crippen molar-refractivity contribution in [2.45, 2.75) is 129 Å². The van der Waals surface area contributed by atoms with Gasteiger partial charge in [0, 0.05) is 6.54 Å². The summed E-state index contributed by atoms with van der Waals surface area (Å²) in [5, 5.41) is 0.236. The Hall–Kier alpha value is -0.376. The number of likely N-dealkylation sites (tertiary alicyclic amines) is 1. The van der Waals surface area contributed by atoms with Gasteiger partial charge in [-0.05, 0) is 69.9 Å². The predicted molar refractivity (Wildman–Crippen MR) is 131 cm³/mol. The number of piperidine rings is 1. The van der Waals surface area contributed by atoms with Crippen LogP contribution in [0.1, 0.15) is 75.2 Å². The number of nitrogens with zero attached hydrogens (tertiary/aromatic N) is 1. The van der Waals surface area contributed by atoms with E-state index in [-0.39, 0.29) is 28.3 Å². The fourth-order valence-electron chi connectivity index (χ4n) is 2.97. The summed E-state index contributed by atoms with van der Waals surface area (Å²) in [5.41, 5.74) is -0.519. The van der Waals surface area contributed by atoms with Crippen molar-refractivity contribution in [2.75, 3.05) is 13.2 Å². The van der Waals surface area contributed by atoms with Crippen LogP contribution in [0.5, 0.6) is 0 Å². The smallest absolute Gasteiger partial charge is 0.410 e. The Morgan fingerprint density at radius 1 is 0.900 bits per heavy atom. The Kier molecular flexibility index (Phi) is 8.52. The first-order valence-corrected chi connectivity index (χ1v) is 17.3. The molecule has 0 unspecified atom stereocenters. The first-order chi connectivity index (χ1) is 13.2. The van der Waals surface area contributed by atoms with Crippen LogP contribution in [0.2, 0.25) is 36.3 Å². The minimum absolute atomic E-state index is 0.0167. The Bertz CT molecular complexity index is 585. The molecule has 1 aliphatic rings. The van der Waals surface area contributed by atoms with Gasteiger partial charge in [-0.15, -0.1) is 0 Å². The SMILES string of the molecule is CC(C)(C)OC(=O)N1CCC[C@@H](O[Si](C)(C)C(C)(C)C)[C@H]1CO[Si](C)(C)C(C)(C)C. The summed E-state index contributed by atoms with van der Waals surface area (Å²) in [6, 6.07) is -0.114. The van der Waals surface area contributed by atoms with E-state index in [9.17, 15) is 4.79 Å². The van der Waals surface area contributed by atoms with Gasteiger partial charge in [0.1, 0.15) is 5.60 Å². The standard InChI is InChI=1S/C23H49NO4Si2/c1-21(2,3)27-20(25)24-16-14-15-19(28-30(12,13)23(7,8)9)18(24)17-26-29(10,11)22(4,5)6/h18-19H,14-17H2,1-13H3/t18-,19-/m1/s1. The van der Waals surface area contributed by atoms with Gasteiger partial charge < -0.3 is 18.5 Å². The van der Waals surface area contributed by atoms with E-state index < -0.39 is 22.2 Å². The highest BCUT2D eigenvalue weighted by Crippen LogP contribution is 2.40. The molecule has 1 amide bonds. The van der Waals surface area contributed by atoms with Crippen molar-refractivity contribution in [2.24, 2.45) is 0 Å². The fraction of sp³-hybridized carbons (Fsp3) is 0.957. The normalized spacial score (nSPS) is 22.2. The average molecular weight is 460 g/mol. The predicted octanol–water partition coefficient (Wildman–Crippen LogP) is 6.80. The maximum Gasteiger partial charge on any atom is 0.410 e. The van der Waals surface area contributed by atoms with E-state index in [0.29, 0.717) is 13.2 Å². The largest absolute Gasteiger partial charge is 0.444 e. The molecule has 1 fully saturated rings. The third kappa shape index (κ3) is 7.35. The summed E-state index contributed by atoms with van der Waals surface area (Å²) < 4.78 is 19.2. The zero-order chi connectivity index (χ0) is 23.8. The lowest BCUT2D eigenvalue weighted by atomic mass is 10.00. The minimum Gasteiger partial charge on any atom is -0.444 e. The van der Waals surface area contributed by atoms with Gasteiger partial charge in [-0.25, -0.2) is 4.79 Å². The first kappa shape index (κ1) is 27.7. The van der Waals surface area contributed by atoms with Crippen molar-refractivity contribution >= 4 is 22.7 Å². The van der Waals surface area contributed by atoms with Gasteiger partial charge in [0.15, 0.2) is 16.6 Å². The Morgan fingerprint density at radius 3 is 1.83 bits per heavy atom. The number of ether oxygens (including phenoxy) is 1. The number of carbonyl (C=O) groups excluding carboxylic acids is 1. The first-order valence-electron chi connectivity index (χ1n) is 11.5. The highest BCUT2D eigenvalue weighted by molar-refractivity contribution is 6.74. The maximum atomic E-state index is 13.1. The molecule has 5 nitrogen and oxygen atoms in total. The molecule has 0 aromatic rings. The lowest BCUT2D eigenvalue weighted by Gasteiger charge is -2.47. The molecule has 2 atom stereocenters. The molecule has 7 heteroatoms. The molecule has 178 valence electrons. The second-order valence-corrected chi connectivity index (χ2v) is 22.4. The number of amides is 1. The van der Waals surface area contributed by atoms with E-state index in [2.05, 4.69) is 67.7 Å². The molecule has 1 heterocycles. The van der Waals surface area contributed by atoms with Crippen molar-refractivity contribution < 1.29 is 18.4 Å². The lowest BCUT2D eigenvalue weighted by Crippen LogP contribution is -2.59. The van der Waals surface area contributed by atoms with Crippen LogP contribution in [0, 0.1) is 0 Å². The molecule has 0 spiro atoms. The molecule has 1 aliphatic heterocycles. The molecule has 0 bridgehead atoms. The van der Waals surface area contributed by atoms with Gasteiger partial charge in [-0.1, -0.05) is 41.5 Å².